The van der Waals surface area contributed by atoms with Gasteiger partial charge in [-0.3, -0.25) is 0 Å². The Labute approximate surface area is 135 Å². The van der Waals surface area contributed by atoms with Gasteiger partial charge in [-0.2, -0.15) is 5.26 Å². The molecule has 1 N–H and O–H groups in total. The van der Waals surface area contributed by atoms with Crippen LogP contribution in [0.15, 0.2) is 47.4 Å². The summed E-state index contributed by atoms with van der Waals surface area (Å²) < 4.78 is 33.1. The van der Waals surface area contributed by atoms with Crippen LogP contribution in [0.4, 0.5) is 0 Å². The van der Waals surface area contributed by atoms with E-state index in [0.717, 1.165) is 23.3 Å². The van der Waals surface area contributed by atoms with E-state index >= 15 is 0 Å². The van der Waals surface area contributed by atoms with Gasteiger partial charge in [0.05, 0.1) is 23.1 Å². The van der Waals surface area contributed by atoms with Crippen LogP contribution in [-0.4, -0.2) is 15.0 Å². The molecule has 0 spiro atoms. The van der Waals surface area contributed by atoms with Gasteiger partial charge in [0.1, 0.15) is 5.75 Å². The van der Waals surface area contributed by atoms with Crippen LogP contribution in [0.2, 0.25) is 0 Å². The Balaban J connectivity index is 1.81. The third-order valence-corrected chi connectivity index (χ3v) is 5.38. The average Bonchev–Trinajstić information content (AvgIpc) is 3.02. The Morgan fingerprint density at radius 2 is 1.96 bits per heavy atom. The Hall–Kier alpha value is -2.36. The number of hydrogen-bond donors (Lipinski definition) is 1. The van der Waals surface area contributed by atoms with E-state index in [9.17, 15) is 8.42 Å². The highest BCUT2D eigenvalue weighted by Gasteiger charge is 2.21. The fourth-order valence-corrected chi connectivity index (χ4v) is 3.83. The van der Waals surface area contributed by atoms with E-state index in [-0.39, 0.29) is 4.90 Å². The van der Waals surface area contributed by atoms with Crippen LogP contribution in [0, 0.1) is 11.3 Å². The second kappa shape index (κ2) is 6.03. The zero-order valence-corrected chi connectivity index (χ0v) is 13.4. The molecule has 1 heterocycles. The van der Waals surface area contributed by atoms with Crippen molar-refractivity contribution in [1.29, 1.82) is 5.26 Å². The van der Waals surface area contributed by atoms with Gasteiger partial charge in [-0.25, -0.2) is 13.1 Å². The van der Waals surface area contributed by atoms with Gasteiger partial charge < -0.3 is 4.74 Å². The summed E-state index contributed by atoms with van der Waals surface area (Å²) in [5.41, 5.74) is 2.26. The summed E-state index contributed by atoms with van der Waals surface area (Å²) in [6.07, 6.45) is 0.726. The van der Waals surface area contributed by atoms with Crippen molar-refractivity contribution in [1.82, 2.24) is 4.72 Å². The van der Waals surface area contributed by atoms with Crippen molar-refractivity contribution in [3.8, 4) is 11.8 Å². The van der Waals surface area contributed by atoms with Gasteiger partial charge in [0.15, 0.2) is 0 Å². The lowest BCUT2D eigenvalue weighted by atomic mass is 10.1. The van der Waals surface area contributed by atoms with Crippen molar-refractivity contribution in [2.75, 3.05) is 6.61 Å². The number of benzene rings is 2. The number of fused-ring (bicyclic) bond motifs is 1. The molecule has 0 bridgehead atoms. The first-order chi connectivity index (χ1) is 11.0. The number of nitrogens with zero attached hydrogens (tertiary/aromatic N) is 1. The first-order valence-corrected chi connectivity index (χ1v) is 8.76. The summed E-state index contributed by atoms with van der Waals surface area (Å²) in [7, 11) is -3.62. The van der Waals surface area contributed by atoms with Gasteiger partial charge in [0.25, 0.3) is 0 Å². The summed E-state index contributed by atoms with van der Waals surface area (Å²) in [6.45, 7) is 2.36. The monoisotopic (exact) mass is 328 g/mol. The maximum absolute atomic E-state index is 12.5. The molecule has 1 atom stereocenters. The van der Waals surface area contributed by atoms with E-state index in [1.165, 1.54) is 0 Å². The normalized spacial score (nSPS) is 14.6. The molecule has 0 aromatic heterocycles. The van der Waals surface area contributed by atoms with Crippen LogP contribution in [-0.2, 0) is 16.4 Å². The molecule has 23 heavy (non-hydrogen) atoms. The smallest absolute Gasteiger partial charge is 0.241 e. The molecule has 5 nitrogen and oxygen atoms in total. The Kier molecular flexibility index (Phi) is 4.07. The van der Waals surface area contributed by atoms with E-state index in [2.05, 4.69) is 4.72 Å². The Morgan fingerprint density at radius 1 is 1.22 bits per heavy atom. The molecule has 2 aromatic carbocycles. The average molecular weight is 328 g/mol. The van der Waals surface area contributed by atoms with Crippen LogP contribution in [0.1, 0.15) is 29.7 Å². The highest BCUT2D eigenvalue weighted by molar-refractivity contribution is 7.89. The van der Waals surface area contributed by atoms with Crippen molar-refractivity contribution in [2.24, 2.45) is 0 Å². The highest BCUT2D eigenvalue weighted by atomic mass is 32.2. The van der Waals surface area contributed by atoms with E-state index in [4.69, 9.17) is 10.00 Å². The fourth-order valence-electron chi connectivity index (χ4n) is 2.55. The summed E-state index contributed by atoms with van der Waals surface area (Å²) in [5.74, 6) is 0.754. The molecule has 0 aliphatic carbocycles. The zero-order valence-electron chi connectivity index (χ0n) is 12.6. The van der Waals surface area contributed by atoms with E-state index in [0.29, 0.717) is 12.2 Å². The minimum Gasteiger partial charge on any atom is -0.493 e. The molecule has 0 amide bonds. The standard InChI is InChI=1S/C17H16N2O3S/c1-12(14-4-2-13(11-18)3-5-14)19-23(20,21)16-6-7-17-15(10-16)8-9-22-17/h2-7,10,12,19H,8-9H2,1H3. The van der Waals surface area contributed by atoms with Crippen LogP contribution in [0.25, 0.3) is 0 Å². The van der Waals surface area contributed by atoms with Gasteiger partial charge in [0.2, 0.25) is 10.0 Å². The molecular formula is C17H16N2O3S. The largest absolute Gasteiger partial charge is 0.493 e. The number of nitriles is 1. The van der Waals surface area contributed by atoms with Gasteiger partial charge >= 0.3 is 0 Å². The zero-order chi connectivity index (χ0) is 16.4. The topological polar surface area (TPSA) is 79.2 Å². The van der Waals surface area contributed by atoms with Crippen LogP contribution < -0.4 is 9.46 Å². The Morgan fingerprint density at radius 3 is 2.65 bits per heavy atom. The highest BCUT2D eigenvalue weighted by Crippen LogP contribution is 2.28. The van der Waals surface area contributed by atoms with E-state index in [1.54, 1.807) is 49.4 Å². The van der Waals surface area contributed by atoms with E-state index < -0.39 is 16.1 Å². The van der Waals surface area contributed by atoms with Crippen molar-refractivity contribution < 1.29 is 13.2 Å². The van der Waals surface area contributed by atoms with E-state index in [1.807, 2.05) is 6.07 Å². The summed E-state index contributed by atoms with van der Waals surface area (Å²) in [6, 6.07) is 13.4. The first kappa shape index (κ1) is 15.5. The maximum atomic E-state index is 12.5. The van der Waals surface area contributed by atoms with Crippen LogP contribution >= 0.6 is 0 Å². The number of ether oxygens (including phenoxy) is 1. The third-order valence-electron chi connectivity index (χ3n) is 3.84. The maximum Gasteiger partial charge on any atom is 0.241 e. The first-order valence-electron chi connectivity index (χ1n) is 7.28. The number of sulfonamides is 1. The third kappa shape index (κ3) is 3.21. The minimum atomic E-state index is -3.62. The van der Waals surface area contributed by atoms with Gasteiger partial charge in [-0.15, -0.1) is 0 Å². The molecule has 1 unspecified atom stereocenters. The molecule has 3 rings (SSSR count). The number of hydrogen-bond acceptors (Lipinski definition) is 4. The molecule has 0 radical (unpaired) electrons. The van der Waals surface area contributed by atoms with Crippen LogP contribution in [0.3, 0.4) is 0 Å². The lowest BCUT2D eigenvalue weighted by Crippen LogP contribution is -2.27. The minimum absolute atomic E-state index is 0.238. The molecule has 0 saturated heterocycles. The lowest BCUT2D eigenvalue weighted by Gasteiger charge is -2.15. The number of rotatable bonds is 4. The summed E-state index contributed by atoms with van der Waals surface area (Å²) >= 11 is 0. The fraction of sp³-hybridized carbons (Fsp3) is 0.235. The van der Waals surface area contributed by atoms with Crippen molar-refractivity contribution in [3.05, 3.63) is 59.2 Å². The molecule has 1 aliphatic rings. The van der Waals surface area contributed by atoms with Gasteiger partial charge in [0, 0.05) is 12.5 Å². The Bertz CT molecular complexity index is 868. The second-order valence-electron chi connectivity index (χ2n) is 5.44. The molecule has 0 saturated carbocycles. The number of nitrogens with one attached hydrogen (secondary N) is 1. The van der Waals surface area contributed by atoms with Crippen molar-refractivity contribution in [3.63, 3.8) is 0 Å². The molecular weight excluding hydrogens is 312 g/mol. The molecule has 0 fully saturated rings. The molecule has 2 aromatic rings. The van der Waals surface area contributed by atoms with Gasteiger partial charge in [-0.05, 0) is 48.4 Å². The van der Waals surface area contributed by atoms with Crippen LogP contribution in [0.5, 0.6) is 5.75 Å². The molecule has 118 valence electrons. The summed E-state index contributed by atoms with van der Waals surface area (Å²) in [5, 5.41) is 8.81. The van der Waals surface area contributed by atoms with Gasteiger partial charge in [-0.1, -0.05) is 12.1 Å². The second-order valence-corrected chi connectivity index (χ2v) is 7.16. The molecule has 1 aliphatic heterocycles. The predicted octanol–water partition coefficient (Wildman–Crippen LogP) is 2.53. The predicted molar refractivity (Wildman–Crippen MR) is 85.5 cm³/mol. The lowest BCUT2D eigenvalue weighted by molar-refractivity contribution is 0.356. The summed E-state index contributed by atoms with van der Waals surface area (Å²) in [4.78, 5) is 0.238. The van der Waals surface area contributed by atoms with Crippen molar-refractivity contribution in [2.45, 2.75) is 24.3 Å². The van der Waals surface area contributed by atoms with Crippen molar-refractivity contribution >= 4 is 10.0 Å². The SMILES string of the molecule is CC(NS(=O)(=O)c1ccc2c(c1)CCO2)c1ccc(C#N)cc1. The quantitative estimate of drug-likeness (QED) is 0.935. The molecule has 6 heteroatoms.